The molecule has 1 saturated heterocycles. The van der Waals surface area contributed by atoms with Crippen molar-refractivity contribution >= 4 is 23.6 Å². The number of amides is 1. The van der Waals surface area contributed by atoms with E-state index in [9.17, 15) is 14.0 Å². The summed E-state index contributed by atoms with van der Waals surface area (Å²) in [6.07, 6.45) is 12.1. The van der Waals surface area contributed by atoms with E-state index in [2.05, 4.69) is 83.1 Å². The monoisotopic (exact) mass is 776 g/mol. The summed E-state index contributed by atoms with van der Waals surface area (Å²) in [5, 5.41) is 7.95. The van der Waals surface area contributed by atoms with Crippen LogP contribution in [0.15, 0.2) is 146 Å². The number of hydrogen-bond acceptors (Lipinski definition) is 6. The zero-order valence-electron chi connectivity index (χ0n) is 32.8. The van der Waals surface area contributed by atoms with Crippen LogP contribution in [0.25, 0.3) is 6.08 Å². The van der Waals surface area contributed by atoms with Gasteiger partial charge in [0, 0.05) is 25.4 Å². The summed E-state index contributed by atoms with van der Waals surface area (Å²) in [5.41, 5.74) is 8.53. The number of allylic oxidation sites excluding steroid dienone is 1. The molecule has 2 heterocycles. The molecule has 0 N–H and O–H groups in total. The third-order valence-corrected chi connectivity index (χ3v) is 10.7. The molecule has 6 aromatic rings. The second kappa shape index (κ2) is 19.8. The molecule has 1 amide bonds. The molecule has 1 aromatic heterocycles. The quantitative estimate of drug-likeness (QED) is 0.0463. The molecule has 1 aliphatic rings. The molecule has 58 heavy (non-hydrogen) atoms. The van der Waals surface area contributed by atoms with Crippen LogP contribution in [0, 0.1) is 11.7 Å². The Morgan fingerprint density at radius 1 is 0.845 bits per heavy atom. The summed E-state index contributed by atoms with van der Waals surface area (Å²) in [5.74, 6) is -1.10. The molecule has 296 valence electrons. The van der Waals surface area contributed by atoms with Crippen LogP contribution < -0.4 is 4.90 Å². The number of halogens is 1. The Morgan fingerprint density at radius 2 is 1.59 bits per heavy atom. The maximum Gasteiger partial charge on any atom is 0.303 e. The summed E-state index contributed by atoms with van der Waals surface area (Å²) in [6.45, 7) is 3.34. The molecule has 1 aliphatic heterocycles. The molecule has 7 rings (SSSR count). The lowest BCUT2D eigenvalue weighted by Gasteiger charge is -2.48. The van der Waals surface area contributed by atoms with Gasteiger partial charge in [-0.3, -0.25) is 9.59 Å². The molecule has 5 aromatic carbocycles. The topological polar surface area (TPSA) is 86.6 Å². The van der Waals surface area contributed by atoms with Gasteiger partial charge in [-0.2, -0.15) is 0 Å². The number of esters is 1. The van der Waals surface area contributed by atoms with Crippen molar-refractivity contribution in [3.8, 4) is 0 Å². The minimum atomic E-state index is -0.588. The Labute approximate surface area is 339 Å². The lowest BCUT2D eigenvalue weighted by Crippen LogP contribution is -2.55. The average Bonchev–Trinajstić information content (AvgIpc) is 3.76. The van der Waals surface area contributed by atoms with Crippen LogP contribution in [0.5, 0.6) is 0 Å². The van der Waals surface area contributed by atoms with Gasteiger partial charge in [-0.1, -0.05) is 120 Å². The number of β-lactam (4-membered cyclic amide) rings is 1. The number of hydrogen-bond donors (Lipinski definition) is 0. The highest BCUT2D eigenvalue weighted by atomic mass is 19.1. The summed E-state index contributed by atoms with van der Waals surface area (Å²) in [6, 6.07) is 41.1. The fourth-order valence-electron chi connectivity index (χ4n) is 7.65. The van der Waals surface area contributed by atoms with E-state index in [1.807, 2.05) is 53.6 Å². The number of anilines is 1. The van der Waals surface area contributed by atoms with Crippen LogP contribution in [0.2, 0.25) is 0 Å². The largest absolute Gasteiger partial charge is 0.458 e. The van der Waals surface area contributed by atoms with Crippen molar-refractivity contribution in [2.75, 3.05) is 11.5 Å². The van der Waals surface area contributed by atoms with Gasteiger partial charge in [-0.15, -0.1) is 5.10 Å². The first-order chi connectivity index (χ1) is 28.4. The number of nitrogens with zero attached hydrogens (tertiary/aromatic N) is 4. The Hall–Kier alpha value is -6.19. The van der Waals surface area contributed by atoms with Gasteiger partial charge in [0.05, 0.1) is 31.3 Å². The van der Waals surface area contributed by atoms with Gasteiger partial charge in [0.1, 0.15) is 11.9 Å². The van der Waals surface area contributed by atoms with Gasteiger partial charge in [0.25, 0.3) is 0 Å². The summed E-state index contributed by atoms with van der Waals surface area (Å²) in [4.78, 5) is 27.9. The zero-order valence-corrected chi connectivity index (χ0v) is 32.8. The number of benzene rings is 5. The number of aromatic nitrogens is 3. The van der Waals surface area contributed by atoms with E-state index in [1.54, 1.807) is 23.0 Å². The van der Waals surface area contributed by atoms with Crippen LogP contribution in [0.1, 0.15) is 83.7 Å². The molecule has 9 heteroatoms. The van der Waals surface area contributed by atoms with Crippen LogP contribution in [0.3, 0.4) is 0 Å². The molecule has 0 unspecified atom stereocenters. The first-order valence-electron chi connectivity index (χ1n) is 20.0. The van der Waals surface area contributed by atoms with Gasteiger partial charge in [0.15, 0.2) is 0 Å². The minimum Gasteiger partial charge on any atom is -0.458 e. The fraction of sp³-hybridized carbons (Fsp3) is 0.265. The van der Waals surface area contributed by atoms with Gasteiger partial charge in [0.2, 0.25) is 5.91 Å². The summed E-state index contributed by atoms with van der Waals surface area (Å²) < 4.78 is 27.0. The Balaban J connectivity index is 1.01. The number of carbonyl (C=O) groups is 2. The average molecular weight is 777 g/mol. The highest BCUT2D eigenvalue weighted by molar-refractivity contribution is 6.03. The lowest BCUT2D eigenvalue weighted by molar-refractivity contribution is -0.147. The standard InChI is InChI=1S/C49H49FN4O4/c1-36(55)58-47(42-23-25-44(50)26-24-42)30-29-46-48(54(49(46)56)45-27-19-38(20-28-45)34-53-32-31-51-52-53)43-21-17-37(18-22-43)12-9-16-41-14-6-5-13-40(41)15-7-8-33-57-35-39-10-3-2-4-11-39/h2-6,9-11,13-14,16-28,31-32,46-48H,7-8,12,15,29-30,33-35H2,1H3/b16-9+/t46-,47+,48-/m1/s1. The van der Waals surface area contributed by atoms with E-state index in [-0.39, 0.29) is 23.7 Å². The molecule has 3 atom stereocenters. The fourth-order valence-corrected chi connectivity index (χ4v) is 7.65. The molecule has 8 nitrogen and oxygen atoms in total. The van der Waals surface area contributed by atoms with E-state index in [4.69, 9.17) is 9.47 Å². The van der Waals surface area contributed by atoms with E-state index >= 15 is 0 Å². The molecule has 0 radical (unpaired) electrons. The van der Waals surface area contributed by atoms with Gasteiger partial charge < -0.3 is 14.4 Å². The Bertz CT molecular complexity index is 2240. The van der Waals surface area contributed by atoms with E-state index in [0.29, 0.717) is 31.6 Å². The first kappa shape index (κ1) is 40.0. The highest BCUT2D eigenvalue weighted by Gasteiger charge is 2.48. The van der Waals surface area contributed by atoms with Crippen LogP contribution in [0.4, 0.5) is 10.1 Å². The van der Waals surface area contributed by atoms with Gasteiger partial charge in [-0.05, 0) is 102 Å². The predicted molar refractivity (Wildman–Crippen MR) is 224 cm³/mol. The molecule has 0 saturated carbocycles. The maximum atomic E-state index is 14.0. The Kier molecular flexibility index (Phi) is 13.7. The van der Waals surface area contributed by atoms with Gasteiger partial charge >= 0.3 is 5.97 Å². The molecule has 1 fully saturated rings. The first-order valence-corrected chi connectivity index (χ1v) is 20.0. The SMILES string of the molecule is CC(=O)O[C@@H](CC[C@H]1C(=O)N(c2ccc(Cn3ccnn3)cc2)[C@@H]1c1ccc(C/C=C/c2ccccc2CCCCOCc2ccccc2)cc1)c1ccc(F)cc1. The Morgan fingerprint density at radius 3 is 2.33 bits per heavy atom. The van der Waals surface area contributed by atoms with E-state index < -0.39 is 12.1 Å². The van der Waals surface area contributed by atoms with E-state index in [1.165, 1.54) is 41.3 Å². The number of aryl methyl sites for hydroxylation is 1. The second-order valence-corrected chi connectivity index (χ2v) is 14.8. The third-order valence-electron chi connectivity index (χ3n) is 10.7. The summed E-state index contributed by atoms with van der Waals surface area (Å²) >= 11 is 0. The smallest absolute Gasteiger partial charge is 0.303 e. The highest BCUT2D eigenvalue weighted by Crippen LogP contribution is 2.46. The molecular weight excluding hydrogens is 728 g/mol. The van der Waals surface area contributed by atoms with E-state index in [0.717, 1.165) is 49.1 Å². The zero-order chi connectivity index (χ0) is 40.1. The number of carbonyl (C=O) groups excluding carboxylic acids is 2. The number of ether oxygens (including phenoxy) is 2. The van der Waals surface area contributed by atoms with Crippen molar-refractivity contribution in [1.29, 1.82) is 0 Å². The maximum absolute atomic E-state index is 14.0. The number of unbranched alkanes of at least 4 members (excludes halogenated alkanes) is 1. The summed E-state index contributed by atoms with van der Waals surface area (Å²) in [7, 11) is 0. The lowest BCUT2D eigenvalue weighted by atomic mass is 9.78. The van der Waals surface area contributed by atoms with Gasteiger partial charge in [-0.25, -0.2) is 9.07 Å². The van der Waals surface area contributed by atoms with Crippen molar-refractivity contribution in [2.45, 2.75) is 70.7 Å². The third kappa shape index (κ3) is 10.6. The predicted octanol–water partition coefficient (Wildman–Crippen LogP) is 10.0. The normalized spacial score (nSPS) is 15.7. The van der Waals surface area contributed by atoms with Crippen LogP contribution in [-0.4, -0.2) is 33.5 Å². The second-order valence-electron chi connectivity index (χ2n) is 14.8. The molecule has 0 spiro atoms. The van der Waals surface area contributed by atoms with Crippen molar-refractivity contribution < 1.29 is 23.5 Å². The van der Waals surface area contributed by atoms with Crippen molar-refractivity contribution in [1.82, 2.24) is 15.0 Å². The minimum absolute atomic E-state index is 0.0140. The van der Waals surface area contributed by atoms with Crippen LogP contribution >= 0.6 is 0 Å². The van der Waals surface area contributed by atoms with Crippen molar-refractivity contribution in [3.63, 3.8) is 0 Å². The molecule has 0 bridgehead atoms. The van der Waals surface area contributed by atoms with Crippen molar-refractivity contribution in [2.24, 2.45) is 5.92 Å². The molecule has 0 aliphatic carbocycles. The number of rotatable bonds is 19. The molecular formula is C49H49FN4O4. The van der Waals surface area contributed by atoms with Crippen LogP contribution in [-0.2, 0) is 45.1 Å². The van der Waals surface area contributed by atoms with Crippen molar-refractivity contribution in [3.05, 3.63) is 191 Å².